The lowest BCUT2D eigenvalue weighted by molar-refractivity contribution is 0.230. The molecule has 0 N–H and O–H groups in total. The summed E-state index contributed by atoms with van der Waals surface area (Å²) in [6.07, 6.45) is 0.581. The topological polar surface area (TPSA) is 3.24 Å². The van der Waals surface area contributed by atoms with Crippen molar-refractivity contribution in [1.29, 1.82) is 0 Å². The summed E-state index contributed by atoms with van der Waals surface area (Å²) in [5, 5.41) is 0. The number of rotatable bonds is 2. The zero-order valence-corrected chi connectivity index (χ0v) is 6.81. The molecule has 0 radical (unpaired) electrons. The summed E-state index contributed by atoms with van der Waals surface area (Å²) in [4.78, 5) is 2.20. The fraction of sp³-hybridized carbons (Fsp3) is 1.00. The van der Waals surface area contributed by atoms with Crippen molar-refractivity contribution in [3.8, 4) is 0 Å². The lowest BCUT2D eigenvalue weighted by Crippen LogP contribution is -2.26. The lowest BCUT2D eigenvalue weighted by atomic mass is 10.2. The third-order valence-electron chi connectivity index (χ3n) is 2.02. The number of halogens is 1. The largest absolute Gasteiger partial charge is 0.300 e. The molecule has 0 saturated carbocycles. The molecule has 1 unspecified atom stereocenters. The summed E-state index contributed by atoms with van der Waals surface area (Å²) in [7, 11) is 0. The van der Waals surface area contributed by atoms with Crippen LogP contribution in [0.5, 0.6) is 0 Å². The highest BCUT2D eigenvalue weighted by Crippen LogP contribution is 2.15. The van der Waals surface area contributed by atoms with Crippen molar-refractivity contribution in [1.82, 2.24) is 4.90 Å². The average Bonchev–Trinajstić information content (AvgIpc) is 2.13. The SMILES string of the molecule is CC(F)CN1CC[C@H](C)C1. The summed E-state index contributed by atoms with van der Waals surface area (Å²) in [6, 6.07) is 0. The van der Waals surface area contributed by atoms with Crippen LogP contribution in [-0.4, -0.2) is 30.7 Å². The number of nitrogens with zero attached hydrogens (tertiary/aromatic N) is 1. The molecule has 0 amide bonds. The van der Waals surface area contributed by atoms with Gasteiger partial charge >= 0.3 is 0 Å². The van der Waals surface area contributed by atoms with Crippen molar-refractivity contribution in [2.24, 2.45) is 5.92 Å². The van der Waals surface area contributed by atoms with Crippen molar-refractivity contribution < 1.29 is 4.39 Å². The minimum atomic E-state index is -0.662. The molecule has 10 heavy (non-hydrogen) atoms. The van der Waals surface area contributed by atoms with E-state index < -0.39 is 6.17 Å². The molecule has 2 heteroatoms. The molecule has 2 atom stereocenters. The van der Waals surface area contributed by atoms with Crippen LogP contribution in [0.3, 0.4) is 0 Å². The van der Waals surface area contributed by atoms with E-state index in [1.54, 1.807) is 6.92 Å². The van der Waals surface area contributed by atoms with E-state index in [0.717, 1.165) is 19.0 Å². The molecule has 0 spiro atoms. The van der Waals surface area contributed by atoms with Gasteiger partial charge in [0.15, 0.2) is 0 Å². The van der Waals surface area contributed by atoms with E-state index in [2.05, 4.69) is 11.8 Å². The first-order valence-electron chi connectivity index (χ1n) is 4.05. The molecule has 0 bridgehead atoms. The Bertz CT molecular complexity index is 103. The summed E-state index contributed by atoms with van der Waals surface area (Å²) in [6.45, 7) is 6.67. The molecule has 0 aliphatic carbocycles. The fourth-order valence-electron chi connectivity index (χ4n) is 1.55. The van der Waals surface area contributed by atoms with Crippen LogP contribution in [-0.2, 0) is 0 Å². The van der Waals surface area contributed by atoms with Gasteiger partial charge in [0.1, 0.15) is 6.17 Å². The van der Waals surface area contributed by atoms with Crippen LogP contribution in [0.2, 0.25) is 0 Å². The molecule has 0 aromatic carbocycles. The Labute approximate surface area is 62.2 Å². The summed E-state index contributed by atoms with van der Waals surface area (Å²) in [5.74, 6) is 0.777. The van der Waals surface area contributed by atoms with Gasteiger partial charge in [-0.25, -0.2) is 4.39 Å². The highest BCUT2D eigenvalue weighted by atomic mass is 19.1. The molecule has 1 nitrogen and oxygen atoms in total. The summed E-state index contributed by atoms with van der Waals surface area (Å²) in [5.41, 5.74) is 0. The highest BCUT2D eigenvalue weighted by molar-refractivity contribution is 4.73. The Balaban J connectivity index is 2.18. The number of hydrogen-bond donors (Lipinski definition) is 0. The van der Waals surface area contributed by atoms with Gasteiger partial charge in [-0.1, -0.05) is 6.92 Å². The number of alkyl halides is 1. The second kappa shape index (κ2) is 3.33. The second-order valence-electron chi connectivity index (χ2n) is 3.43. The first-order chi connectivity index (χ1) is 4.68. The molecule has 1 heterocycles. The monoisotopic (exact) mass is 145 g/mol. The molecule has 0 aromatic rings. The third kappa shape index (κ3) is 2.25. The normalized spacial score (nSPS) is 30.9. The van der Waals surface area contributed by atoms with Crippen LogP contribution in [0.4, 0.5) is 4.39 Å². The van der Waals surface area contributed by atoms with Gasteiger partial charge in [-0.05, 0) is 25.8 Å². The molecule has 1 rings (SSSR count). The molecule has 60 valence electrons. The highest BCUT2D eigenvalue weighted by Gasteiger charge is 2.19. The Hall–Kier alpha value is -0.110. The van der Waals surface area contributed by atoms with Gasteiger partial charge in [0.25, 0.3) is 0 Å². The van der Waals surface area contributed by atoms with Gasteiger partial charge in [-0.2, -0.15) is 0 Å². The van der Waals surface area contributed by atoms with E-state index in [-0.39, 0.29) is 0 Å². The van der Waals surface area contributed by atoms with Gasteiger partial charge in [0, 0.05) is 13.1 Å². The molecule has 1 fully saturated rings. The summed E-state index contributed by atoms with van der Waals surface area (Å²) < 4.78 is 12.4. The maximum atomic E-state index is 12.4. The van der Waals surface area contributed by atoms with E-state index in [1.807, 2.05) is 0 Å². The average molecular weight is 145 g/mol. The van der Waals surface area contributed by atoms with E-state index in [9.17, 15) is 4.39 Å². The molecular formula is C8H16FN. The Kier molecular flexibility index (Phi) is 2.66. The number of hydrogen-bond acceptors (Lipinski definition) is 1. The van der Waals surface area contributed by atoms with E-state index in [4.69, 9.17) is 0 Å². The van der Waals surface area contributed by atoms with Crippen LogP contribution in [0, 0.1) is 5.92 Å². The first kappa shape index (κ1) is 7.99. The van der Waals surface area contributed by atoms with Crippen LogP contribution >= 0.6 is 0 Å². The second-order valence-corrected chi connectivity index (χ2v) is 3.43. The van der Waals surface area contributed by atoms with Crippen LogP contribution < -0.4 is 0 Å². The zero-order chi connectivity index (χ0) is 7.56. The minimum Gasteiger partial charge on any atom is -0.300 e. The van der Waals surface area contributed by atoms with Gasteiger partial charge in [0.05, 0.1) is 0 Å². The van der Waals surface area contributed by atoms with Crippen LogP contribution in [0.1, 0.15) is 20.3 Å². The standard InChI is InChI=1S/C8H16FN/c1-7-3-4-10(5-7)6-8(2)9/h7-8H,3-6H2,1-2H3/t7-,8?/m0/s1. The minimum absolute atomic E-state index is 0.629. The van der Waals surface area contributed by atoms with Gasteiger partial charge in [0.2, 0.25) is 0 Å². The van der Waals surface area contributed by atoms with Crippen molar-refractivity contribution in [2.45, 2.75) is 26.4 Å². The van der Waals surface area contributed by atoms with E-state index in [1.165, 1.54) is 6.42 Å². The Morgan fingerprint density at radius 1 is 1.70 bits per heavy atom. The molecular weight excluding hydrogens is 129 g/mol. The quantitative estimate of drug-likeness (QED) is 0.571. The van der Waals surface area contributed by atoms with Crippen molar-refractivity contribution in [3.63, 3.8) is 0 Å². The molecule has 1 aliphatic heterocycles. The summed E-state index contributed by atoms with van der Waals surface area (Å²) >= 11 is 0. The Morgan fingerprint density at radius 3 is 2.80 bits per heavy atom. The van der Waals surface area contributed by atoms with Crippen LogP contribution in [0.15, 0.2) is 0 Å². The maximum Gasteiger partial charge on any atom is 0.110 e. The zero-order valence-electron chi connectivity index (χ0n) is 6.81. The lowest BCUT2D eigenvalue weighted by Gasteiger charge is -2.15. The fourth-order valence-corrected chi connectivity index (χ4v) is 1.55. The molecule has 1 aliphatic rings. The smallest absolute Gasteiger partial charge is 0.110 e. The van der Waals surface area contributed by atoms with Gasteiger partial charge in [-0.3, -0.25) is 0 Å². The van der Waals surface area contributed by atoms with E-state index in [0.29, 0.717) is 6.54 Å². The first-order valence-corrected chi connectivity index (χ1v) is 4.05. The van der Waals surface area contributed by atoms with E-state index >= 15 is 0 Å². The van der Waals surface area contributed by atoms with Crippen molar-refractivity contribution >= 4 is 0 Å². The Morgan fingerprint density at radius 2 is 2.40 bits per heavy atom. The third-order valence-corrected chi connectivity index (χ3v) is 2.02. The van der Waals surface area contributed by atoms with Crippen molar-refractivity contribution in [2.75, 3.05) is 19.6 Å². The number of likely N-dealkylation sites (tertiary alicyclic amines) is 1. The molecule has 1 saturated heterocycles. The van der Waals surface area contributed by atoms with Gasteiger partial charge < -0.3 is 4.90 Å². The van der Waals surface area contributed by atoms with Crippen molar-refractivity contribution in [3.05, 3.63) is 0 Å². The maximum absolute atomic E-state index is 12.4. The predicted octanol–water partition coefficient (Wildman–Crippen LogP) is 1.69. The van der Waals surface area contributed by atoms with Crippen LogP contribution in [0.25, 0.3) is 0 Å². The van der Waals surface area contributed by atoms with Gasteiger partial charge in [-0.15, -0.1) is 0 Å². The predicted molar refractivity (Wildman–Crippen MR) is 40.8 cm³/mol. The molecule has 0 aromatic heterocycles.